The summed E-state index contributed by atoms with van der Waals surface area (Å²) in [5.41, 5.74) is 5.01. The normalized spacial score (nSPS) is 17.9. The number of anilines is 1. The van der Waals surface area contributed by atoms with Crippen LogP contribution in [0.3, 0.4) is 0 Å². The largest absolute Gasteiger partial charge is 0.317 e. The Kier molecular flexibility index (Phi) is 5.64. The molecule has 2 rings (SSSR count). The fourth-order valence-electron chi connectivity index (χ4n) is 2.01. The predicted octanol–water partition coefficient (Wildman–Crippen LogP) is 3.05. The molecule has 1 aliphatic rings. The molecule has 0 saturated carbocycles. The highest BCUT2D eigenvalue weighted by molar-refractivity contribution is 8.13. The molecule has 1 atom stereocenters. The molecule has 0 saturated heterocycles. The number of nitrogens with zero attached hydrogens (tertiary/aromatic N) is 1. The quantitative estimate of drug-likeness (QED) is 0.836. The molecule has 1 aromatic carbocycles. The number of carbonyl (C=O) groups is 2. The van der Waals surface area contributed by atoms with Crippen molar-refractivity contribution in [2.45, 2.75) is 13.3 Å². The smallest absolute Gasteiger partial charge is 0.283 e. The van der Waals surface area contributed by atoms with E-state index in [9.17, 15) is 9.59 Å². The Morgan fingerprint density at radius 1 is 1.48 bits per heavy atom. The van der Waals surface area contributed by atoms with Crippen molar-refractivity contribution in [3.63, 3.8) is 0 Å². The van der Waals surface area contributed by atoms with E-state index in [1.54, 1.807) is 0 Å². The maximum Gasteiger partial charge on any atom is 0.283 e. The van der Waals surface area contributed by atoms with E-state index >= 15 is 0 Å². The van der Waals surface area contributed by atoms with Gasteiger partial charge in [0.2, 0.25) is 5.91 Å². The maximum atomic E-state index is 11.6. The summed E-state index contributed by atoms with van der Waals surface area (Å²) >= 11 is 6.69. The molecule has 1 aliphatic heterocycles. The van der Waals surface area contributed by atoms with Gasteiger partial charge in [-0.15, -0.1) is 11.6 Å². The lowest BCUT2D eigenvalue weighted by atomic mass is 9.94. The Balaban J connectivity index is 2.02. The predicted molar refractivity (Wildman–Crippen MR) is 87.1 cm³/mol. The number of hydrogen-bond acceptors (Lipinski definition) is 4. The topological polar surface area (TPSA) is 70.6 Å². The van der Waals surface area contributed by atoms with Crippen molar-refractivity contribution in [2.24, 2.45) is 11.0 Å². The summed E-state index contributed by atoms with van der Waals surface area (Å²) < 4.78 is 0. The Bertz CT molecular complexity index is 560. The molecule has 0 fully saturated rings. The summed E-state index contributed by atoms with van der Waals surface area (Å²) in [6, 6.07) is 7.41. The summed E-state index contributed by atoms with van der Waals surface area (Å²) in [5, 5.41) is 6.76. The number of halogens is 1. The highest BCUT2D eigenvalue weighted by Gasteiger charge is 2.21. The van der Waals surface area contributed by atoms with Crippen molar-refractivity contribution in [1.82, 2.24) is 5.43 Å². The van der Waals surface area contributed by atoms with Crippen molar-refractivity contribution in [3.05, 3.63) is 29.8 Å². The second-order valence-electron chi connectivity index (χ2n) is 4.66. The Morgan fingerprint density at radius 3 is 2.81 bits per heavy atom. The van der Waals surface area contributed by atoms with Crippen molar-refractivity contribution in [3.8, 4) is 0 Å². The molecule has 1 unspecified atom stereocenters. The molecular weight excluding hydrogens is 310 g/mol. The number of thioether (sulfide) groups is 1. The van der Waals surface area contributed by atoms with Gasteiger partial charge in [0.25, 0.3) is 5.24 Å². The van der Waals surface area contributed by atoms with E-state index < -0.39 is 0 Å². The van der Waals surface area contributed by atoms with Crippen molar-refractivity contribution in [2.75, 3.05) is 16.9 Å². The van der Waals surface area contributed by atoms with Gasteiger partial charge in [-0.3, -0.25) is 9.59 Å². The molecule has 0 spiro atoms. The molecular formula is C14H16ClN3O2S. The highest BCUT2D eigenvalue weighted by atomic mass is 35.5. The first-order valence-corrected chi connectivity index (χ1v) is 8.08. The zero-order chi connectivity index (χ0) is 15.2. The molecule has 2 amide bonds. The van der Waals surface area contributed by atoms with Crippen LogP contribution in [-0.4, -0.2) is 28.5 Å². The minimum Gasteiger partial charge on any atom is -0.317 e. The van der Waals surface area contributed by atoms with Crippen LogP contribution in [0, 0.1) is 5.92 Å². The number of hydrazone groups is 1. The highest BCUT2D eigenvalue weighted by Crippen LogP contribution is 2.19. The summed E-state index contributed by atoms with van der Waals surface area (Å²) in [5.74, 6) is 1.05. The van der Waals surface area contributed by atoms with E-state index in [1.165, 1.54) is 0 Å². The molecule has 0 aliphatic carbocycles. The van der Waals surface area contributed by atoms with Gasteiger partial charge in [0, 0.05) is 29.7 Å². The number of carbonyl (C=O) groups excluding carboxylic acids is 2. The van der Waals surface area contributed by atoms with E-state index in [0.717, 1.165) is 28.7 Å². The molecule has 7 heteroatoms. The fourth-order valence-corrected chi connectivity index (χ4v) is 2.70. The van der Waals surface area contributed by atoms with Crippen molar-refractivity contribution in [1.29, 1.82) is 0 Å². The van der Waals surface area contributed by atoms with Gasteiger partial charge >= 0.3 is 0 Å². The Hall–Kier alpha value is -1.53. The minimum absolute atomic E-state index is 0.0635. The van der Waals surface area contributed by atoms with Gasteiger partial charge < -0.3 is 5.32 Å². The van der Waals surface area contributed by atoms with E-state index in [-0.39, 0.29) is 17.1 Å². The summed E-state index contributed by atoms with van der Waals surface area (Å²) in [4.78, 5) is 22.8. The van der Waals surface area contributed by atoms with Crippen LogP contribution in [0.4, 0.5) is 10.5 Å². The van der Waals surface area contributed by atoms with E-state index in [4.69, 9.17) is 11.6 Å². The monoisotopic (exact) mass is 325 g/mol. The van der Waals surface area contributed by atoms with E-state index in [0.29, 0.717) is 18.1 Å². The summed E-state index contributed by atoms with van der Waals surface area (Å²) in [6.45, 7) is 1.97. The van der Waals surface area contributed by atoms with Crippen molar-refractivity contribution >= 4 is 45.9 Å². The van der Waals surface area contributed by atoms with Crippen LogP contribution in [0.15, 0.2) is 29.4 Å². The Labute approximate surface area is 132 Å². The molecule has 0 bridgehead atoms. The maximum absolute atomic E-state index is 11.6. The van der Waals surface area contributed by atoms with Gasteiger partial charge in [0.15, 0.2) is 0 Å². The van der Waals surface area contributed by atoms with Gasteiger partial charge in [0.1, 0.15) is 0 Å². The lowest BCUT2D eigenvalue weighted by molar-refractivity contribution is -0.121. The van der Waals surface area contributed by atoms with Crippen LogP contribution in [0.2, 0.25) is 0 Å². The molecule has 1 aromatic rings. The minimum atomic E-state index is -0.126. The number of benzene rings is 1. The first-order chi connectivity index (χ1) is 10.1. The number of alkyl halides is 1. The average Bonchev–Trinajstić information content (AvgIpc) is 2.46. The van der Waals surface area contributed by atoms with Crippen molar-refractivity contribution < 1.29 is 9.59 Å². The third-order valence-corrected chi connectivity index (χ3v) is 4.18. The lowest BCUT2D eigenvalue weighted by Gasteiger charge is -2.19. The first-order valence-electron chi connectivity index (χ1n) is 6.56. The fraction of sp³-hybridized carbons (Fsp3) is 0.357. The third-order valence-electron chi connectivity index (χ3n) is 3.00. The van der Waals surface area contributed by atoms with Crippen LogP contribution < -0.4 is 10.7 Å². The number of nitrogens with one attached hydrogen (secondary N) is 2. The average molecular weight is 326 g/mol. The number of hydrogen-bond donors (Lipinski definition) is 2. The lowest BCUT2D eigenvalue weighted by Crippen LogP contribution is -2.31. The van der Waals surface area contributed by atoms with Crippen LogP contribution in [-0.2, 0) is 4.79 Å². The molecule has 0 aromatic heterocycles. The number of rotatable bonds is 4. The molecule has 112 valence electrons. The molecule has 1 heterocycles. The van der Waals surface area contributed by atoms with Crippen LogP contribution >= 0.6 is 23.4 Å². The van der Waals surface area contributed by atoms with Gasteiger partial charge in [-0.1, -0.05) is 30.8 Å². The van der Waals surface area contributed by atoms with Crippen LogP contribution in [0.1, 0.15) is 18.9 Å². The van der Waals surface area contributed by atoms with E-state index in [2.05, 4.69) is 15.8 Å². The zero-order valence-electron chi connectivity index (χ0n) is 11.6. The SMILES string of the molecule is CC1CC(=O)NN=C1c1ccc(NC(=O)SCCCl)cc1. The summed E-state index contributed by atoms with van der Waals surface area (Å²) in [7, 11) is 0. The number of amides is 2. The molecule has 21 heavy (non-hydrogen) atoms. The van der Waals surface area contributed by atoms with Gasteiger partial charge in [-0.05, 0) is 17.7 Å². The molecule has 5 nitrogen and oxygen atoms in total. The summed E-state index contributed by atoms with van der Waals surface area (Å²) in [6.07, 6.45) is 0.437. The zero-order valence-corrected chi connectivity index (χ0v) is 13.1. The second kappa shape index (κ2) is 7.47. The molecule has 0 radical (unpaired) electrons. The first kappa shape index (κ1) is 15.9. The van der Waals surface area contributed by atoms with Gasteiger partial charge in [-0.25, -0.2) is 5.43 Å². The molecule has 2 N–H and O–H groups in total. The van der Waals surface area contributed by atoms with Crippen LogP contribution in [0.25, 0.3) is 0 Å². The van der Waals surface area contributed by atoms with Gasteiger partial charge in [-0.2, -0.15) is 5.10 Å². The van der Waals surface area contributed by atoms with E-state index in [1.807, 2.05) is 31.2 Å². The van der Waals surface area contributed by atoms with Gasteiger partial charge in [0.05, 0.1) is 5.71 Å². The standard InChI is InChI=1S/C14H16ClN3O2S/c1-9-8-12(19)17-18-13(9)10-2-4-11(5-3-10)16-14(20)21-7-6-15/h2-5,9H,6-8H2,1H3,(H,16,20)(H,17,19). The second-order valence-corrected chi connectivity index (χ2v) is 6.11. The van der Waals surface area contributed by atoms with Crippen LogP contribution in [0.5, 0.6) is 0 Å². The third kappa shape index (κ3) is 4.47. The Morgan fingerprint density at radius 2 is 2.19 bits per heavy atom.